The number of fused-ring (bicyclic) bond motifs is 1. The molecule has 1 heterocycles. The van der Waals surface area contributed by atoms with Crippen molar-refractivity contribution in [3.05, 3.63) is 17.0 Å². The minimum atomic E-state index is -4.49. The second-order valence-electron chi connectivity index (χ2n) is 4.48. The standard InChI is InChI=1S/C12H13F3N2O2S/c13-12(14,15)10-7-3-1-2-4-8(7)16-11(17-10)20-6-5-9(18)19/h1-6H2,(H,18,19). The lowest BCUT2D eigenvalue weighted by atomic mass is 9.94. The van der Waals surface area contributed by atoms with Gasteiger partial charge in [-0.05, 0) is 25.7 Å². The van der Waals surface area contributed by atoms with Gasteiger partial charge in [0.2, 0.25) is 0 Å². The van der Waals surface area contributed by atoms with E-state index in [4.69, 9.17) is 5.11 Å². The molecule has 1 aliphatic rings. The molecule has 0 aliphatic heterocycles. The van der Waals surface area contributed by atoms with Crippen LogP contribution in [-0.4, -0.2) is 26.8 Å². The fraction of sp³-hybridized carbons (Fsp3) is 0.583. The molecule has 1 aromatic rings. The number of nitrogens with zero attached hydrogens (tertiary/aromatic N) is 2. The van der Waals surface area contributed by atoms with E-state index in [0.29, 0.717) is 25.0 Å². The number of hydrogen-bond acceptors (Lipinski definition) is 4. The lowest BCUT2D eigenvalue weighted by Gasteiger charge is -2.20. The third kappa shape index (κ3) is 3.62. The summed E-state index contributed by atoms with van der Waals surface area (Å²) in [4.78, 5) is 18.1. The number of alkyl halides is 3. The van der Waals surface area contributed by atoms with Crippen molar-refractivity contribution in [1.82, 2.24) is 9.97 Å². The van der Waals surface area contributed by atoms with Gasteiger partial charge in [-0.1, -0.05) is 11.8 Å². The van der Waals surface area contributed by atoms with E-state index in [2.05, 4.69) is 9.97 Å². The molecule has 1 aliphatic carbocycles. The minimum Gasteiger partial charge on any atom is -0.481 e. The number of aromatic nitrogens is 2. The number of hydrogen-bond donors (Lipinski definition) is 1. The van der Waals surface area contributed by atoms with Crippen molar-refractivity contribution in [1.29, 1.82) is 0 Å². The van der Waals surface area contributed by atoms with Crippen LogP contribution in [0.2, 0.25) is 0 Å². The van der Waals surface area contributed by atoms with Crippen molar-refractivity contribution >= 4 is 17.7 Å². The predicted octanol–water partition coefficient (Wildman–Crippen LogP) is 2.94. The Hall–Kier alpha value is -1.31. The molecule has 1 N–H and O–H groups in total. The second-order valence-corrected chi connectivity index (χ2v) is 5.54. The van der Waals surface area contributed by atoms with Gasteiger partial charge in [-0.15, -0.1) is 0 Å². The van der Waals surface area contributed by atoms with Crippen molar-refractivity contribution in [2.45, 2.75) is 43.4 Å². The number of carboxylic acid groups (broad SMARTS) is 1. The SMILES string of the molecule is O=C(O)CCSc1nc2c(c(C(F)(F)F)n1)CCCC2. The summed E-state index contributed by atoms with van der Waals surface area (Å²) in [7, 11) is 0. The molecule has 0 radical (unpaired) electrons. The summed E-state index contributed by atoms with van der Waals surface area (Å²) >= 11 is 0.949. The lowest BCUT2D eigenvalue weighted by molar-refractivity contribution is -0.142. The first kappa shape index (κ1) is 15.1. The maximum atomic E-state index is 13.0. The highest BCUT2D eigenvalue weighted by molar-refractivity contribution is 7.99. The number of carbonyl (C=O) groups is 1. The summed E-state index contributed by atoms with van der Waals surface area (Å²) in [5.41, 5.74) is -0.206. The Bertz CT molecular complexity index is 520. The van der Waals surface area contributed by atoms with E-state index >= 15 is 0 Å². The quantitative estimate of drug-likeness (QED) is 0.684. The first-order valence-corrected chi connectivity index (χ1v) is 7.18. The summed E-state index contributed by atoms with van der Waals surface area (Å²) in [5, 5.41) is 8.55. The Labute approximate surface area is 117 Å². The zero-order valence-corrected chi connectivity index (χ0v) is 11.4. The van der Waals surface area contributed by atoms with Gasteiger partial charge in [-0.25, -0.2) is 9.97 Å². The molecule has 0 atom stereocenters. The van der Waals surface area contributed by atoms with Gasteiger partial charge in [-0.3, -0.25) is 4.79 Å². The number of aliphatic carboxylic acids is 1. The summed E-state index contributed by atoms with van der Waals surface area (Å²) in [6.45, 7) is 0. The van der Waals surface area contributed by atoms with E-state index in [1.807, 2.05) is 0 Å². The minimum absolute atomic E-state index is 0.0132. The topological polar surface area (TPSA) is 63.1 Å². The van der Waals surface area contributed by atoms with Crippen LogP contribution in [0.25, 0.3) is 0 Å². The van der Waals surface area contributed by atoms with E-state index in [-0.39, 0.29) is 22.9 Å². The van der Waals surface area contributed by atoms with E-state index in [0.717, 1.165) is 18.2 Å². The van der Waals surface area contributed by atoms with E-state index < -0.39 is 17.8 Å². The van der Waals surface area contributed by atoms with Crippen LogP contribution in [0.5, 0.6) is 0 Å². The molecule has 0 saturated carbocycles. The maximum Gasteiger partial charge on any atom is 0.433 e. The summed E-state index contributed by atoms with van der Waals surface area (Å²) in [5.74, 6) is -0.836. The molecule has 4 nitrogen and oxygen atoms in total. The van der Waals surface area contributed by atoms with Crippen molar-refractivity contribution in [3.63, 3.8) is 0 Å². The summed E-state index contributed by atoms with van der Waals surface area (Å²) in [6, 6.07) is 0. The van der Waals surface area contributed by atoms with Crippen molar-refractivity contribution < 1.29 is 23.1 Å². The van der Waals surface area contributed by atoms with Crippen LogP contribution in [0.1, 0.15) is 36.2 Å². The Morgan fingerprint density at radius 1 is 1.25 bits per heavy atom. The molecule has 110 valence electrons. The van der Waals surface area contributed by atoms with Crippen LogP contribution in [-0.2, 0) is 23.8 Å². The molecule has 1 aromatic heterocycles. The molecular weight excluding hydrogens is 293 g/mol. The molecule has 0 amide bonds. The van der Waals surface area contributed by atoms with Crippen molar-refractivity contribution in [2.75, 3.05) is 5.75 Å². The molecule has 0 aromatic carbocycles. The number of rotatable bonds is 4. The van der Waals surface area contributed by atoms with Gasteiger partial charge in [0.05, 0.1) is 6.42 Å². The third-order valence-electron chi connectivity index (χ3n) is 2.98. The Balaban J connectivity index is 2.28. The van der Waals surface area contributed by atoms with Crippen LogP contribution in [0.15, 0.2) is 5.16 Å². The Morgan fingerprint density at radius 3 is 2.60 bits per heavy atom. The fourth-order valence-corrected chi connectivity index (χ4v) is 2.89. The van der Waals surface area contributed by atoms with Crippen LogP contribution in [0, 0.1) is 0 Å². The van der Waals surface area contributed by atoms with Crippen molar-refractivity contribution in [3.8, 4) is 0 Å². The molecule has 8 heteroatoms. The third-order valence-corrected chi connectivity index (χ3v) is 3.83. The molecule has 2 rings (SSSR count). The van der Waals surface area contributed by atoms with Gasteiger partial charge in [0, 0.05) is 17.0 Å². The highest BCUT2D eigenvalue weighted by Gasteiger charge is 2.37. The molecule has 0 unspecified atom stereocenters. The molecule has 0 bridgehead atoms. The van der Waals surface area contributed by atoms with Crippen LogP contribution >= 0.6 is 11.8 Å². The second kappa shape index (κ2) is 5.99. The van der Waals surface area contributed by atoms with E-state index in [1.54, 1.807) is 0 Å². The molecule has 0 spiro atoms. The number of aryl methyl sites for hydroxylation is 1. The largest absolute Gasteiger partial charge is 0.481 e. The van der Waals surface area contributed by atoms with Gasteiger partial charge < -0.3 is 5.11 Å². The predicted molar refractivity (Wildman–Crippen MR) is 66.7 cm³/mol. The zero-order chi connectivity index (χ0) is 14.8. The monoisotopic (exact) mass is 306 g/mol. The normalized spacial score (nSPS) is 14.9. The van der Waals surface area contributed by atoms with Gasteiger partial charge in [0.1, 0.15) is 0 Å². The highest BCUT2D eigenvalue weighted by atomic mass is 32.2. The van der Waals surface area contributed by atoms with Crippen LogP contribution in [0.3, 0.4) is 0 Å². The number of halogens is 3. The number of thioether (sulfide) groups is 1. The molecular formula is C12H13F3N2O2S. The van der Waals surface area contributed by atoms with Gasteiger partial charge in [0.25, 0.3) is 0 Å². The smallest absolute Gasteiger partial charge is 0.433 e. The lowest BCUT2D eigenvalue weighted by Crippen LogP contribution is -2.19. The molecule has 0 saturated heterocycles. The Morgan fingerprint density at radius 2 is 1.95 bits per heavy atom. The Kier molecular flexibility index (Phi) is 4.52. The molecule has 20 heavy (non-hydrogen) atoms. The van der Waals surface area contributed by atoms with Crippen LogP contribution < -0.4 is 0 Å². The van der Waals surface area contributed by atoms with Crippen molar-refractivity contribution in [2.24, 2.45) is 0 Å². The first-order chi connectivity index (χ1) is 9.38. The number of carboxylic acids is 1. The fourth-order valence-electron chi connectivity index (χ4n) is 2.10. The van der Waals surface area contributed by atoms with Gasteiger partial charge in [0.15, 0.2) is 10.9 Å². The highest BCUT2D eigenvalue weighted by Crippen LogP contribution is 2.35. The average Bonchev–Trinajstić information content (AvgIpc) is 2.36. The van der Waals surface area contributed by atoms with Gasteiger partial charge in [-0.2, -0.15) is 13.2 Å². The van der Waals surface area contributed by atoms with Gasteiger partial charge >= 0.3 is 12.1 Å². The summed E-state index contributed by atoms with van der Waals surface area (Å²) in [6.07, 6.45) is -2.22. The zero-order valence-electron chi connectivity index (χ0n) is 10.5. The van der Waals surface area contributed by atoms with Crippen LogP contribution in [0.4, 0.5) is 13.2 Å². The first-order valence-electron chi connectivity index (χ1n) is 6.19. The van der Waals surface area contributed by atoms with E-state index in [9.17, 15) is 18.0 Å². The molecule has 0 fully saturated rings. The average molecular weight is 306 g/mol. The van der Waals surface area contributed by atoms with E-state index in [1.165, 1.54) is 0 Å². The summed E-state index contributed by atoms with van der Waals surface area (Å²) < 4.78 is 39.0. The maximum absolute atomic E-state index is 13.0.